The Bertz CT molecular complexity index is 1220. The first kappa shape index (κ1) is 26.3. The third-order valence-corrected chi connectivity index (χ3v) is 5.02. The number of para-hydroxylation sites is 2. The van der Waals surface area contributed by atoms with E-state index in [1.165, 1.54) is 25.3 Å². The molecule has 0 aromatic heterocycles. The molecule has 2 aromatic rings. The fourth-order valence-corrected chi connectivity index (χ4v) is 3.45. The molecule has 36 heavy (non-hydrogen) atoms. The number of allylic oxidation sites excluding steroid dienone is 1. The van der Waals surface area contributed by atoms with E-state index in [1.54, 1.807) is 26.0 Å². The molecule has 0 spiro atoms. The van der Waals surface area contributed by atoms with Gasteiger partial charge in [-0.3, -0.25) is 9.59 Å². The second-order valence-corrected chi connectivity index (χ2v) is 8.15. The number of ether oxygens (including phenoxy) is 3. The minimum absolute atomic E-state index is 0.0136. The lowest BCUT2D eigenvalue weighted by atomic mass is 10.1. The fraction of sp³-hybridized carbons (Fsp3) is 0.308. The maximum Gasteiger partial charge on any atom is 0.343 e. The van der Waals surface area contributed by atoms with Crippen LogP contribution in [0.5, 0.6) is 11.5 Å². The molecule has 1 aliphatic rings. The number of carbonyl (C=O) groups excluding carboxylic acids is 3. The van der Waals surface area contributed by atoms with Gasteiger partial charge in [0.2, 0.25) is 0 Å². The number of fused-ring (bicyclic) bond motifs is 1. The molecular formula is C26H30N4O6. The van der Waals surface area contributed by atoms with E-state index in [0.29, 0.717) is 22.8 Å². The number of amides is 2. The highest BCUT2D eigenvalue weighted by atomic mass is 16.5. The second-order valence-electron chi connectivity index (χ2n) is 8.15. The van der Waals surface area contributed by atoms with Crippen LogP contribution in [0.25, 0.3) is 0 Å². The van der Waals surface area contributed by atoms with E-state index in [2.05, 4.69) is 20.9 Å². The molecule has 0 fully saturated rings. The number of benzene rings is 2. The molecule has 10 heteroatoms. The molecule has 0 atom stereocenters. The van der Waals surface area contributed by atoms with Crippen LogP contribution in [0.3, 0.4) is 0 Å². The Labute approximate surface area is 209 Å². The smallest absolute Gasteiger partial charge is 0.343 e. The van der Waals surface area contributed by atoms with Crippen LogP contribution in [-0.2, 0) is 14.3 Å². The summed E-state index contributed by atoms with van der Waals surface area (Å²) in [6.45, 7) is 7.07. The number of amidine groups is 1. The lowest BCUT2D eigenvalue weighted by Crippen LogP contribution is -2.35. The third kappa shape index (κ3) is 6.41. The predicted octanol–water partition coefficient (Wildman–Crippen LogP) is 3.32. The summed E-state index contributed by atoms with van der Waals surface area (Å²) in [5, 5.41) is 8.62. The normalized spacial score (nSPS) is 12.6. The van der Waals surface area contributed by atoms with Crippen LogP contribution in [0.2, 0.25) is 0 Å². The fourth-order valence-electron chi connectivity index (χ4n) is 3.45. The first-order valence-electron chi connectivity index (χ1n) is 11.5. The van der Waals surface area contributed by atoms with Crippen LogP contribution in [-0.4, -0.2) is 50.0 Å². The van der Waals surface area contributed by atoms with E-state index in [0.717, 1.165) is 0 Å². The van der Waals surface area contributed by atoms with Gasteiger partial charge in [-0.25, -0.2) is 9.79 Å². The summed E-state index contributed by atoms with van der Waals surface area (Å²) in [5.41, 5.74) is 2.07. The molecule has 3 N–H and O–H groups in total. The van der Waals surface area contributed by atoms with Gasteiger partial charge in [-0.15, -0.1) is 0 Å². The van der Waals surface area contributed by atoms with Crippen molar-refractivity contribution in [3.8, 4) is 11.5 Å². The molecule has 2 amide bonds. The van der Waals surface area contributed by atoms with Crippen LogP contribution in [0.1, 0.15) is 38.1 Å². The molecular weight excluding hydrogens is 464 g/mol. The van der Waals surface area contributed by atoms with Gasteiger partial charge in [0.15, 0.2) is 18.1 Å². The zero-order chi connectivity index (χ0) is 26.2. The molecule has 0 aliphatic carbocycles. The number of hydrogen-bond acceptors (Lipinski definition) is 8. The first-order chi connectivity index (χ1) is 17.2. The number of nitrogens with one attached hydrogen (secondary N) is 3. The maximum absolute atomic E-state index is 13.2. The largest absolute Gasteiger partial charge is 0.493 e. The molecule has 1 aliphatic heterocycles. The van der Waals surface area contributed by atoms with Crippen LogP contribution in [0.15, 0.2) is 58.7 Å². The molecule has 1 heterocycles. The topological polar surface area (TPSA) is 127 Å². The molecule has 0 saturated heterocycles. The Balaban J connectivity index is 1.87. The summed E-state index contributed by atoms with van der Waals surface area (Å²) < 4.78 is 16.1. The highest BCUT2D eigenvalue weighted by Gasteiger charge is 2.26. The highest BCUT2D eigenvalue weighted by Crippen LogP contribution is 2.31. The Morgan fingerprint density at radius 1 is 1.08 bits per heavy atom. The Morgan fingerprint density at radius 3 is 2.53 bits per heavy atom. The zero-order valence-corrected chi connectivity index (χ0v) is 20.9. The van der Waals surface area contributed by atoms with E-state index in [1.807, 2.05) is 26.0 Å². The molecule has 2 aromatic carbocycles. The summed E-state index contributed by atoms with van der Waals surface area (Å²) in [7, 11) is 1.43. The molecule has 0 saturated carbocycles. The van der Waals surface area contributed by atoms with Crippen molar-refractivity contribution in [1.29, 1.82) is 0 Å². The van der Waals surface area contributed by atoms with Crippen LogP contribution in [0, 0.1) is 0 Å². The van der Waals surface area contributed by atoms with E-state index >= 15 is 0 Å². The molecule has 190 valence electrons. The number of aliphatic imine (C=N–C) groups is 1. The number of esters is 1. The van der Waals surface area contributed by atoms with Crippen molar-refractivity contribution in [3.05, 3.63) is 59.3 Å². The van der Waals surface area contributed by atoms with Gasteiger partial charge in [0, 0.05) is 17.3 Å². The first-order valence-corrected chi connectivity index (χ1v) is 11.5. The quantitative estimate of drug-likeness (QED) is 0.481. The van der Waals surface area contributed by atoms with Crippen molar-refractivity contribution < 1.29 is 28.6 Å². The van der Waals surface area contributed by atoms with Crippen LogP contribution in [0.4, 0.5) is 11.4 Å². The van der Waals surface area contributed by atoms with Crippen molar-refractivity contribution >= 4 is 35.0 Å². The SMILES string of the molecule is CCOC(=O)C1=C(C)Nc2ccccc2N=C1NC(=O)c1ccc(OCC(=O)NC(C)C)c(OC)c1. The number of methoxy groups -OCH3 is 1. The number of nitrogens with zero attached hydrogens (tertiary/aromatic N) is 1. The van der Waals surface area contributed by atoms with Gasteiger partial charge in [0.1, 0.15) is 11.4 Å². The van der Waals surface area contributed by atoms with E-state index < -0.39 is 11.9 Å². The average molecular weight is 495 g/mol. The number of rotatable bonds is 8. The number of carbonyl (C=O) groups is 3. The molecule has 0 bridgehead atoms. The van der Waals surface area contributed by atoms with E-state index in [-0.39, 0.29) is 47.9 Å². The average Bonchev–Trinajstić information content (AvgIpc) is 2.97. The second kappa shape index (κ2) is 11.9. The highest BCUT2D eigenvalue weighted by molar-refractivity contribution is 6.25. The van der Waals surface area contributed by atoms with Crippen LogP contribution >= 0.6 is 0 Å². The van der Waals surface area contributed by atoms with Gasteiger partial charge in [-0.1, -0.05) is 12.1 Å². The van der Waals surface area contributed by atoms with E-state index in [9.17, 15) is 14.4 Å². The summed E-state index contributed by atoms with van der Waals surface area (Å²) in [5.74, 6) is -0.783. The Kier molecular flexibility index (Phi) is 8.66. The Morgan fingerprint density at radius 2 is 1.83 bits per heavy atom. The summed E-state index contributed by atoms with van der Waals surface area (Å²) in [6, 6.07) is 11.8. The van der Waals surface area contributed by atoms with Crippen LogP contribution < -0.4 is 25.4 Å². The molecule has 3 rings (SSSR count). The number of anilines is 1. The van der Waals surface area contributed by atoms with Crippen molar-refractivity contribution in [1.82, 2.24) is 10.6 Å². The standard InChI is InChI=1S/C26H30N4O6/c1-6-35-26(33)23-16(4)28-18-9-7-8-10-19(18)29-24(23)30-25(32)17-11-12-20(21(13-17)34-5)36-14-22(31)27-15(2)3/h7-13,15,28H,6,14H2,1-5H3,(H,27,31)(H,29,30,32). The zero-order valence-electron chi connectivity index (χ0n) is 20.9. The molecule has 10 nitrogen and oxygen atoms in total. The molecule has 0 radical (unpaired) electrons. The lowest BCUT2D eigenvalue weighted by molar-refractivity contribution is -0.138. The van der Waals surface area contributed by atoms with Gasteiger partial charge >= 0.3 is 5.97 Å². The van der Waals surface area contributed by atoms with Gasteiger partial charge in [0.25, 0.3) is 11.8 Å². The Hall–Kier alpha value is -4.34. The minimum Gasteiger partial charge on any atom is -0.493 e. The molecule has 0 unspecified atom stereocenters. The van der Waals surface area contributed by atoms with Gasteiger partial charge < -0.3 is 30.2 Å². The van der Waals surface area contributed by atoms with Gasteiger partial charge in [-0.2, -0.15) is 0 Å². The summed E-state index contributed by atoms with van der Waals surface area (Å²) in [4.78, 5) is 42.4. The van der Waals surface area contributed by atoms with Crippen molar-refractivity contribution in [2.75, 3.05) is 25.6 Å². The summed E-state index contributed by atoms with van der Waals surface area (Å²) >= 11 is 0. The maximum atomic E-state index is 13.2. The van der Waals surface area contributed by atoms with Crippen molar-refractivity contribution in [2.24, 2.45) is 4.99 Å². The minimum atomic E-state index is -0.615. The van der Waals surface area contributed by atoms with E-state index in [4.69, 9.17) is 14.2 Å². The predicted molar refractivity (Wildman–Crippen MR) is 136 cm³/mol. The van der Waals surface area contributed by atoms with Gasteiger partial charge in [-0.05, 0) is 58.0 Å². The summed E-state index contributed by atoms with van der Waals surface area (Å²) in [6.07, 6.45) is 0. The van der Waals surface area contributed by atoms with Crippen molar-refractivity contribution in [2.45, 2.75) is 33.7 Å². The van der Waals surface area contributed by atoms with Crippen molar-refractivity contribution in [3.63, 3.8) is 0 Å². The van der Waals surface area contributed by atoms with Gasteiger partial charge in [0.05, 0.1) is 25.1 Å². The number of hydrogen-bond donors (Lipinski definition) is 3. The third-order valence-electron chi connectivity index (χ3n) is 5.02. The monoisotopic (exact) mass is 494 g/mol. The lowest BCUT2D eigenvalue weighted by Gasteiger charge is -2.15.